The second-order valence-corrected chi connectivity index (χ2v) is 9.33. The minimum absolute atomic E-state index is 0.0320. The number of hydrogen-bond acceptors (Lipinski definition) is 5. The molecule has 1 unspecified atom stereocenters. The highest BCUT2D eigenvalue weighted by Gasteiger charge is 2.29. The molecule has 1 aliphatic heterocycles. The zero-order valence-corrected chi connectivity index (χ0v) is 18.5. The second kappa shape index (κ2) is 9.06. The van der Waals surface area contributed by atoms with E-state index in [2.05, 4.69) is 4.72 Å². The van der Waals surface area contributed by atoms with Gasteiger partial charge in [-0.25, -0.2) is 13.1 Å². The lowest BCUT2D eigenvalue weighted by molar-refractivity contribution is 0.0790. The fraction of sp³-hybridized carbons (Fsp3) is 0.409. The van der Waals surface area contributed by atoms with E-state index in [0.29, 0.717) is 18.7 Å². The van der Waals surface area contributed by atoms with Crippen LogP contribution < -0.4 is 14.2 Å². The van der Waals surface area contributed by atoms with Crippen LogP contribution in [0.1, 0.15) is 42.1 Å². The highest BCUT2D eigenvalue weighted by molar-refractivity contribution is 7.89. The minimum Gasteiger partial charge on any atom is -0.497 e. The molecule has 1 saturated heterocycles. The molecule has 1 atom stereocenters. The Kier molecular flexibility index (Phi) is 6.67. The van der Waals surface area contributed by atoms with Gasteiger partial charge in [-0.1, -0.05) is 12.1 Å². The van der Waals surface area contributed by atoms with Gasteiger partial charge in [0.2, 0.25) is 10.0 Å². The molecule has 0 radical (unpaired) electrons. The molecule has 0 aromatic heterocycles. The van der Waals surface area contributed by atoms with Crippen LogP contribution in [0.4, 0.5) is 0 Å². The van der Waals surface area contributed by atoms with Crippen molar-refractivity contribution in [3.63, 3.8) is 0 Å². The number of benzene rings is 2. The molecule has 0 spiro atoms. The van der Waals surface area contributed by atoms with Gasteiger partial charge in [0.15, 0.2) is 0 Å². The van der Waals surface area contributed by atoms with Crippen molar-refractivity contribution in [2.24, 2.45) is 0 Å². The van der Waals surface area contributed by atoms with E-state index in [1.165, 1.54) is 19.2 Å². The third-order valence-corrected chi connectivity index (χ3v) is 6.83. The molecule has 1 heterocycles. The van der Waals surface area contributed by atoms with Gasteiger partial charge >= 0.3 is 0 Å². The summed E-state index contributed by atoms with van der Waals surface area (Å²) in [6.45, 7) is 4.68. The number of likely N-dealkylation sites (tertiary alicyclic amines) is 1. The third-order valence-electron chi connectivity index (χ3n) is 5.15. The molecule has 3 rings (SSSR count). The van der Waals surface area contributed by atoms with Crippen LogP contribution in [0.25, 0.3) is 0 Å². The van der Waals surface area contributed by atoms with Gasteiger partial charge in [-0.15, -0.1) is 0 Å². The Hall–Kier alpha value is -2.58. The van der Waals surface area contributed by atoms with E-state index in [1.54, 1.807) is 31.9 Å². The predicted molar refractivity (Wildman–Crippen MR) is 115 cm³/mol. The zero-order valence-electron chi connectivity index (χ0n) is 17.7. The Balaban J connectivity index is 1.80. The van der Waals surface area contributed by atoms with E-state index in [1.807, 2.05) is 24.3 Å². The lowest BCUT2D eigenvalue weighted by Crippen LogP contribution is -2.31. The van der Waals surface area contributed by atoms with E-state index < -0.39 is 10.0 Å². The lowest BCUT2D eigenvalue weighted by Gasteiger charge is -2.19. The molecule has 1 amide bonds. The Labute approximate surface area is 178 Å². The first-order chi connectivity index (χ1) is 14.2. The van der Waals surface area contributed by atoms with Crippen LogP contribution in [0.3, 0.4) is 0 Å². The first-order valence-electron chi connectivity index (χ1n) is 9.88. The van der Waals surface area contributed by atoms with Crippen molar-refractivity contribution in [3.05, 3.63) is 53.6 Å². The van der Waals surface area contributed by atoms with Crippen LogP contribution in [0.15, 0.2) is 47.4 Å². The van der Waals surface area contributed by atoms with Gasteiger partial charge in [0, 0.05) is 30.6 Å². The van der Waals surface area contributed by atoms with Crippen molar-refractivity contribution in [2.45, 2.75) is 37.1 Å². The number of hydrogen-bond donors (Lipinski definition) is 1. The van der Waals surface area contributed by atoms with Crippen molar-refractivity contribution in [2.75, 3.05) is 27.3 Å². The van der Waals surface area contributed by atoms with Gasteiger partial charge in [-0.3, -0.25) is 4.79 Å². The molecule has 1 N–H and O–H groups in total. The molecule has 8 heteroatoms. The van der Waals surface area contributed by atoms with E-state index in [9.17, 15) is 13.2 Å². The molecule has 162 valence electrons. The number of carbonyl (C=O) groups excluding carboxylic acids is 1. The average molecular weight is 433 g/mol. The van der Waals surface area contributed by atoms with Crippen molar-refractivity contribution in [1.29, 1.82) is 0 Å². The summed E-state index contributed by atoms with van der Waals surface area (Å²) in [5.74, 6) is 1.06. The highest BCUT2D eigenvalue weighted by Crippen LogP contribution is 2.31. The Morgan fingerprint density at radius 1 is 1.10 bits per heavy atom. The van der Waals surface area contributed by atoms with Gasteiger partial charge in [0.1, 0.15) is 16.4 Å². The number of amides is 1. The monoisotopic (exact) mass is 432 g/mol. The van der Waals surface area contributed by atoms with Crippen molar-refractivity contribution >= 4 is 15.9 Å². The summed E-state index contributed by atoms with van der Waals surface area (Å²) >= 11 is 0. The fourth-order valence-corrected chi connectivity index (χ4v) is 5.11. The fourth-order valence-electron chi connectivity index (χ4n) is 3.67. The maximum Gasteiger partial charge on any atom is 0.253 e. The van der Waals surface area contributed by atoms with Crippen LogP contribution in [0.5, 0.6) is 11.5 Å². The summed E-state index contributed by atoms with van der Waals surface area (Å²) in [6.07, 6.45) is 0.855. The zero-order chi connectivity index (χ0) is 21.9. The minimum atomic E-state index is -3.80. The number of nitrogens with zero attached hydrogens (tertiary/aromatic N) is 1. The van der Waals surface area contributed by atoms with Gasteiger partial charge in [0.05, 0.1) is 14.2 Å². The van der Waals surface area contributed by atoms with Gasteiger partial charge in [0.25, 0.3) is 5.91 Å². The van der Waals surface area contributed by atoms with E-state index in [0.717, 1.165) is 17.7 Å². The average Bonchev–Trinajstić information content (AvgIpc) is 3.22. The van der Waals surface area contributed by atoms with Crippen LogP contribution in [0.2, 0.25) is 0 Å². The molecule has 0 saturated carbocycles. The van der Waals surface area contributed by atoms with Crippen LogP contribution >= 0.6 is 0 Å². The highest BCUT2D eigenvalue weighted by atomic mass is 32.2. The molecule has 0 aliphatic carbocycles. The molecule has 2 aromatic rings. The summed E-state index contributed by atoms with van der Waals surface area (Å²) in [5, 5.41) is 0. The number of rotatable bonds is 7. The number of carbonyl (C=O) groups is 1. The quantitative estimate of drug-likeness (QED) is 0.727. The molecule has 1 fully saturated rings. The van der Waals surface area contributed by atoms with Crippen LogP contribution in [0, 0.1) is 0 Å². The largest absolute Gasteiger partial charge is 0.497 e. The maximum absolute atomic E-state index is 13.1. The topological polar surface area (TPSA) is 84.9 Å². The Morgan fingerprint density at radius 3 is 2.40 bits per heavy atom. The standard InChI is InChI=1S/C22H28N2O5S/c1-15(2)23-30(26,27)21-13-17(7-10-20(21)29-4)22(25)24-12-11-18(14-24)16-5-8-19(28-3)9-6-16/h5-10,13,15,18,23H,11-12,14H2,1-4H3. The predicted octanol–water partition coefficient (Wildman–Crippen LogP) is 3.02. The van der Waals surface area contributed by atoms with E-state index in [4.69, 9.17) is 9.47 Å². The van der Waals surface area contributed by atoms with Crippen molar-refractivity contribution in [1.82, 2.24) is 9.62 Å². The summed E-state index contributed by atoms with van der Waals surface area (Å²) in [7, 11) is -0.762. The van der Waals surface area contributed by atoms with Crippen LogP contribution in [-0.2, 0) is 10.0 Å². The van der Waals surface area contributed by atoms with Gasteiger partial charge < -0.3 is 14.4 Å². The smallest absolute Gasteiger partial charge is 0.253 e. The number of sulfonamides is 1. The van der Waals surface area contributed by atoms with Gasteiger partial charge in [-0.05, 0) is 56.2 Å². The number of methoxy groups -OCH3 is 2. The molecular formula is C22H28N2O5S. The summed E-state index contributed by atoms with van der Waals surface area (Å²) in [6, 6.07) is 12.1. The number of nitrogens with one attached hydrogen (secondary N) is 1. The number of ether oxygens (including phenoxy) is 2. The summed E-state index contributed by atoms with van der Waals surface area (Å²) in [5.41, 5.74) is 1.49. The second-order valence-electron chi connectivity index (χ2n) is 7.65. The van der Waals surface area contributed by atoms with E-state index >= 15 is 0 Å². The summed E-state index contributed by atoms with van der Waals surface area (Å²) < 4.78 is 38.3. The molecular weight excluding hydrogens is 404 g/mol. The van der Waals surface area contributed by atoms with E-state index in [-0.39, 0.29) is 28.5 Å². The first kappa shape index (κ1) is 22.1. The molecule has 30 heavy (non-hydrogen) atoms. The lowest BCUT2D eigenvalue weighted by atomic mass is 9.98. The maximum atomic E-state index is 13.1. The Morgan fingerprint density at radius 2 is 1.80 bits per heavy atom. The first-order valence-corrected chi connectivity index (χ1v) is 11.4. The third kappa shape index (κ3) is 4.76. The normalized spacial score (nSPS) is 16.7. The van der Waals surface area contributed by atoms with Crippen molar-refractivity contribution < 1.29 is 22.7 Å². The van der Waals surface area contributed by atoms with Crippen LogP contribution in [-0.4, -0.2) is 52.6 Å². The SMILES string of the molecule is COc1ccc(C2CCN(C(=O)c3ccc(OC)c(S(=O)(=O)NC(C)C)c3)C2)cc1. The summed E-state index contributed by atoms with van der Waals surface area (Å²) in [4.78, 5) is 14.8. The molecule has 1 aliphatic rings. The molecule has 7 nitrogen and oxygen atoms in total. The Bertz CT molecular complexity index is 1000. The van der Waals surface area contributed by atoms with Crippen molar-refractivity contribution in [3.8, 4) is 11.5 Å². The molecule has 2 aromatic carbocycles. The van der Waals surface area contributed by atoms with Gasteiger partial charge in [-0.2, -0.15) is 0 Å². The molecule has 0 bridgehead atoms.